The van der Waals surface area contributed by atoms with E-state index in [0.717, 1.165) is 0 Å². The molecule has 0 aliphatic heterocycles. The van der Waals surface area contributed by atoms with Crippen LogP contribution in [0.2, 0.25) is 5.02 Å². The molecule has 1 rings (SSSR count). The number of aliphatic imine (C=N–C) groups is 1. The molecular formula is C14H23ClN4O2S. The normalized spacial score (nSPS) is 13.2. The highest BCUT2D eigenvalue weighted by Crippen LogP contribution is 2.19. The van der Waals surface area contributed by atoms with E-state index in [1.807, 2.05) is 20.8 Å². The van der Waals surface area contributed by atoms with Crippen molar-refractivity contribution < 1.29 is 8.42 Å². The Balaban J connectivity index is 2.62. The number of guanidine groups is 1. The first-order valence-corrected chi connectivity index (χ1v) is 8.71. The monoisotopic (exact) mass is 346 g/mol. The Hall–Kier alpha value is -1.31. The number of nitrogens with one attached hydrogen (secondary N) is 2. The van der Waals surface area contributed by atoms with Crippen molar-refractivity contribution in [2.45, 2.75) is 38.1 Å². The fraction of sp³-hybridized carbons (Fsp3) is 0.500. The van der Waals surface area contributed by atoms with E-state index in [4.69, 9.17) is 17.3 Å². The molecule has 0 aromatic heterocycles. The molecule has 0 spiro atoms. The van der Waals surface area contributed by atoms with Crippen LogP contribution < -0.4 is 15.8 Å². The molecule has 6 nitrogen and oxygen atoms in total. The molecule has 0 unspecified atom stereocenters. The lowest BCUT2D eigenvalue weighted by Crippen LogP contribution is -2.45. The van der Waals surface area contributed by atoms with Crippen LogP contribution in [0.15, 0.2) is 28.1 Å². The molecule has 8 heteroatoms. The highest BCUT2D eigenvalue weighted by molar-refractivity contribution is 7.89. The Morgan fingerprint density at radius 1 is 1.36 bits per heavy atom. The van der Waals surface area contributed by atoms with E-state index < -0.39 is 10.0 Å². The van der Waals surface area contributed by atoms with Gasteiger partial charge in [-0.1, -0.05) is 11.6 Å². The van der Waals surface area contributed by atoms with Crippen molar-refractivity contribution in [1.82, 2.24) is 10.0 Å². The number of aryl methyl sites for hydroxylation is 1. The fourth-order valence-electron chi connectivity index (χ4n) is 1.77. The summed E-state index contributed by atoms with van der Waals surface area (Å²) >= 11 is 5.83. The first kappa shape index (κ1) is 18.7. The minimum atomic E-state index is -3.58. The van der Waals surface area contributed by atoms with Gasteiger partial charge in [-0.05, 0) is 51.5 Å². The summed E-state index contributed by atoms with van der Waals surface area (Å²) in [5.74, 6) is 0.286. The third-order valence-electron chi connectivity index (χ3n) is 2.62. The summed E-state index contributed by atoms with van der Waals surface area (Å²) in [5, 5.41) is 3.50. The predicted octanol–water partition coefficient (Wildman–Crippen LogP) is 1.63. The van der Waals surface area contributed by atoms with Gasteiger partial charge in [0.2, 0.25) is 10.0 Å². The van der Waals surface area contributed by atoms with Crippen LogP contribution in [0.1, 0.15) is 26.3 Å². The molecule has 0 aliphatic carbocycles. The smallest absolute Gasteiger partial charge is 0.240 e. The summed E-state index contributed by atoms with van der Waals surface area (Å²) in [4.78, 5) is 4.29. The van der Waals surface area contributed by atoms with Gasteiger partial charge in [0.25, 0.3) is 0 Å². The number of rotatable bonds is 5. The van der Waals surface area contributed by atoms with E-state index in [0.29, 0.717) is 10.6 Å². The molecule has 0 fully saturated rings. The molecule has 124 valence electrons. The molecule has 0 radical (unpaired) electrons. The molecule has 0 heterocycles. The highest BCUT2D eigenvalue weighted by Gasteiger charge is 2.16. The number of hydrogen-bond donors (Lipinski definition) is 3. The molecule has 0 amide bonds. The largest absolute Gasteiger partial charge is 0.370 e. The van der Waals surface area contributed by atoms with Gasteiger partial charge in [0.15, 0.2) is 5.96 Å². The van der Waals surface area contributed by atoms with E-state index in [1.54, 1.807) is 19.1 Å². The van der Waals surface area contributed by atoms with Gasteiger partial charge in [0, 0.05) is 17.1 Å². The molecule has 0 saturated heterocycles. The third kappa shape index (κ3) is 6.21. The summed E-state index contributed by atoms with van der Waals surface area (Å²) in [6.45, 7) is 7.99. The number of nitrogens with two attached hydrogens (primary N) is 1. The quantitative estimate of drug-likeness (QED) is 0.429. The van der Waals surface area contributed by atoms with Gasteiger partial charge in [0.05, 0.1) is 11.4 Å². The zero-order chi connectivity index (χ0) is 17.0. The van der Waals surface area contributed by atoms with Crippen molar-refractivity contribution in [2.75, 3.05) is 13.1 Å². The highest BCUT2D eigenvalue weighted by atomic mass is 35.5. The zero-order valence-electron chi connectivity index (χ0n) is 13.3. The molecule has 0 saturated carbocycles. The van der Waals surface area contributed by atoms with Crippen molar-refractivity contribution in [3.63, 3.8) is 0 Å². The maximum absolute atomic E-state index is 12.2. The standard InChI is InChI=1S/C14H23ClN4O2S/c1-10-9-11(15)5-6-12(10)22(20,21)18-8-7-17-13(16)19-14(2,3)4/h5-6,9,18H,7-8H2,1-4H3,(H3,16,17,19). The van der Waals surface area contributed by atoms with Gasteiger partial charge in [0.1, 0.15) is 0 Å². The Bertz CT molecular complexity index is 651. The number of halogens is 1. The van der Waals surface area contributed by atoms with Gasteiger partial charge >= 0.3 is 0 Å². The van der Waals surface area contributed by atoms with Crippen molar-refractivity contribution in [3.8, 4) is 0 Å². The van der Waals surface area contributed by atoms with Crippen molar-refractivity contribution in [3.05, 3.63) is 28.8 Å². The molecule has 0 bridgehead atoms. The van der Waals surface area contributed by atoms with Gasteiger partial charge in [-0.15, -0.1) is 0 Å². The van der Waals surface area contributed by atoms with Crippen LogP contribution in [-0.4, -0.2) is 33.0 Å². The minimum Gasteiger partial charge on any atom is -0.370 e. The zero-order valence-corrected chi connectivity index (χ0v) is 14.8. The maximum Gasteiger partial charge on any atom is 0.240 e. The number of nitrogens with zero attached hydrogens (tertiary/aromatic N) is 1. The Morgan fingerprint density at radius 2 is 2.00 bits per heavy atom. The van der Waals surface area contributed by atoms with Crippen molar-refractivity contribution in [1.29, 1.82) is 0 Å². The first-order chi connectivity index (χ1) is 10.0. The van der Waals surface area contributed by atoms with Crippen LogP contribution >= 0.6 is 11.6 Å². The average molecular weight is 347 g/mol. The average Bonchev–Trinajstić information content (AvgIpc) is 2.32. The third-order valence-corrected chi connectivity index (χ3v) is 4.47. The number of sulfonamides is 1. The van der Waals surface area contributed by atoms with Crippen LogP contribution in [0.4, 0.5) is 0 Å². The van der Waals surface area contributed by atoms with Crippen LogP contribution in [0.5, 0.6) is 0 Å². The Morgan fingerprint density at radius 3 is 2.55 bits per heavy atom. The summed E-state index contributed by atoms with van der Waals surface area (Å²) in [6, 6.07) is 4.64. The Kier molecular flexibility index (Phi) is 6.22. The molecule has 0 atom stereocenters. The molecule has 1 aromatic rings. The van der Waals surface area contributed by atoms with Crippen LogP contribution in [0.3, 0.4) is 0 Å². The van der Waals surface area contributed by atoms with Crippen LogP contribution in [-0.2, 0) is 10.0 Å². The lowest BCUT2D eigenvalue weighted by molar-refractivity contribution is 0.508. The van der Waals surface area contributed by atoms with E-state index in [-0.39, 0.29) is 29.5 Å². The lowest BCUT2D eigenvalue weighted by atomic mass is 10.1. The van der Waals surface area contributed by atoms with Crippen molar-refractivity contribution in [2.24, 2.45) is 10.7 Å². The van der Waals surface area contributed by atoms with Crippen LogP contribution in [0, 0.1) is 6.92 Å². The second kappa shape index (κ2) is 7.30. The van der Waals surface area contributed by atoms with Gasteiger partial charge in [-0.25, -0.2) is 13.1 Å². The van der Waals surface area contributed by atoms with E-state index >= 15 is 0 Å². The van der Waals surface area contributed by atoms with Gasteiger partial charge < -0.3 is 11.1 Å². The Labute approximate surface area is 137 Å². The summed E-state index contributed by atoms with van der Waals surface area (Å²) < 4.78 is 26.9. The second-order valence-corrected chi connectivity index (χ2v) is 8.12. The SMILES string of the molecule is Cc1cc(Cl)ccc1S(=O)(=O)NCCN=C(N)NC(C)(C)C. The summed E-state index contributed by atoms with van der Waals surface area (Å²) in [7, 11) is -3.58. The minimum absolute atomic E-state index is 0.164. The maximum atomic E-state index is 12.2. The molecule has 4 N–H and O–H groups in total. The number of benzene rings is 1. The molecule has 0 aliphatic rings. The fourth-order valence-corrected chi connectivity index (χ4v) is 3.24. The molecule has 1 aromatic carbocycles. The first-order valence-electron chi connectivity index (χ1n) is 6.85. The molecular weight excluding hydrogens is 324 g/mol. The molecule has 22 heavy (non-hydrogen) atoms. The second-order valence-electron chi connectivity index (χ2n) is 5.95. The number of hydrogen-bond acceptors (Lipinski definition) is 3. The van der Waals surface area contributed by atoms with E-state index in [9.17, 15) is 8.42 Å². The van der Waals surface area contributed by atoms with E-state index in [1.165, 1.54) is 6.07 Å². The lowest BCUT2D eigenvalue weighted by Gasteiger charge is -2.21. The summed E-state index contributed by atoms with van der Waals surface area (Å²) in [6.07, 6.45) is 0. The van der Waals surface area contributed by atoms with Crippen LogP contribution in [0.25, 0.3) is 0 Å². The topological polar surface area (TPSA) is 96.6 Å². The van der Waals surface area contributed by atoms with Gasteiger partial charge in [-0.2, -0.15) is 0 Å². The van der Waals surface area contributed by atoms with Gasteiger partial charge in [-0.3, -0.25) is 4.99 Å². The van der Waals surface area contributed by atoms with Crippen molar-refractivity contribution >= 4 is 27.6 Å². The summed E-state index contributed by atoms with van der Waals surface area (Å²) in [5.41, 5.74) is 6.12. The van der Waals surface area contributed by atoms with E-state index in [2.05, 4.69) is 15.0 Å². The predicted molar refractivity (Wildman–Crippen MR) is 90.8 cm³/mol.